The average molecular weight is 546 g/mol. The molecule has 2 aromatic heterocycles. The molecule has 3 aromatic rings. The normalized spacial score (nSPS) is 14.9. The first-order chi connectivity index (χ1) is 17.1. The minimum atomic E-state index is -5.09. The predicted octanol–water partition coefficient (Wildman–Crippen LogP) is 4.83. The first-order valence-corrected chi connectivity index (χ1v) is 11.7. The summed E-state index contributed by atoms with van der Waals surface area (Å²) in [5.74, 6) is -0.737. The summed E-state index contributed by atoms with van der Waals surface area (Å²) in [5, 5.41) is 7.10. The van der Waals surface area contributed by atoms with Gasteiger partial charge in [-0.05, 0) is 38.0 Å². The summed E-state index contributed by atoms with van der Waals surface area (Å²) in [6.45, 7) is 1.47. The number of halogens is 6. The van der Waals surface area contributed by atoms with Gasteiger partial charge in [0.2, 0.25) is 5.13 Å². The molecule has 2 heterocycles. The molecule has 2 amide bonds. The summed E-state index contributed by atoms with van der Waals surface area (Å²) in [7, 11) is 3.15. The topological polar surface area (TPSA) is 93.0 Å². The lowest BCUT2D eigenvalue weighted by atomic mass is 10.0. The molecular formula is C22H20F6N6O2S. The summed E-state index contributed by atoms with van der Waals surface area (Å²) in [5.41, 5.74) is -4.00. The summed E-state index contributed by atoms with van der Waals surface area (Å²) in [6.07, 6.45) is -7.13. The number of nitrogens with zero attached hydrogens (tertiary/aromatic N) is 5. The summed E-state index contributed by atoms with van der Waals surface area (Å²) >= 11 is 1.02. The Morgan fingerprint density at radius 3 is 2.19 bits per heavy atom. The number of carbonyl (C=O) groups excluding carboxylic acids is 2. The molecule has 1 atom stereocenters. The third-order valence-corrected chi connectivity index (χ3v) is 6.43. The minimum absolute atomic E-state index is 0.0478. The Kier molecular flexibility index (Phi) is 6.77. The van der Waals surface area contributed by atoms with Crippen molar-refractivity contribution in [2.24, 2.45) is 0 Å². The molecule has 1 fully saturated rings. The molecule has 0 unspecified atom stereocenters. The highest BCUT2D eigenvalue weighted by Crippen LogP contribution is 2.39. The van der Waals surface area contributed by atoms with E-state index in [0.717, 1.165) is 24.2 Å². The Bertz CT molecular complexity index is 1310. The van der Waals surface area contributed by atoms with Crippen LogP contribution in [0.1, 0.15) is 74.5 Å². The van der Waals surface area contributed by atoms with Crippen molar-refractivity contribution >= 4 is 23.2 Å². The Hall–Kier alpha value is -3.49. The SMILES string of the molecule is C[C@H](NC(=O)c1cc(C(F)(F)F)cc(C(F)(F)F)c1)c1nc(C2CC2)nn1-c1ncc(C(=O)N(C)C)s1. The van der Waals surface area contributed by atoms with Crippen LogP contribution in [0.25, 0.3) is 5.13 Å². The van der Waals surface area contributed by atoms with Crippen LogP contribution in [0.2, 0.25) is 0 Å². The Labute approximate surface area is 210 Å². The van der Waals surface area contributed by atoms with Crippen LogP contribution in [0.15, 0.2) is 24.4 Å². The maximum Gasteiger partial charge on any atom is 0.416 e. The van der Waals surface area contributed by atoms with Gasteiger partial charge in [0.15, 0.2) is 11.6 Å². The van der Waals surface area contributed by atoms with E-state index >= 15 is 0 Å². The van der Waals surface area contributed by atoms with Gasteiger partial charge in [-0.25, -0.2) is 9.97 Å². The lowest BCUT2D eigenvalue weighted by Crippen LogP contribution is -2.29. The molecule has 15 heteroatoms. The van der Waals surface area contributed by atoms with Gasteiger partial charge in [0.05, 0.1) is 23.4 Å². The van der Waals surface area contributed by atoms with E-state index in [1.165, 1.54) is 22.7 Å². The zero-order valence-corrected chi connectivity index (χ0v) is 20.4. The van der Waals surface area contributed by atoms with Crippen LogP contribution in [0.5, 0.6) is 0 Å². The van der Waals surface area contributed by atoms with Crippen molar-refractivity contribution in [2.45, 2.75) is 44.1 Å². The van der Waals surface area contributed by atoms with E-state index in [9.17, 15) is 35.9 Å². The molecule has 1 N–H and O–H groups in total. The van der Waals surface area contributed by atoms with Gasteiger partial charge in [0.1, 0.15) is 4.88 Å². The van der Waals surface area contributed by atoms with Crippen LogP contribution < -0.4 is 5.32 Å². The van der Waals surface area contributed by atoms with Gasteiger partial charge in [0, 0.05) is 25.6 Å². The fraction of sp³-hybridized carbons (Fsp3) is 0.409. The second-order valence-corrected chi connectivity index (χ2v) is 9.72. The lowest BCUT2D eigenvalue weighted by Gasteiger charge is -2.16. The van der Waals surface area contributed by atoms with E-state index in [2.05, 4.69) is 20.4 Å². The molecule has 1 aliphatic rings. The number of amides is 2. The number of benzene rings is 1. The Balaban J connectivity index is 1.66. The zero-order chi connectivity index (χ0) is 27.3. The van der Waals surface area contributed by atoms with Gasteiger partial charge < -0.3 is 10.2 Å². The second-order valence-electron chi connectivity index (χ2n) is 8.71. The van der Waals surface area contributed by atoms with Crippen LogP contribution in [0.3, 0.4) is 0 Å². The van der Waals surface area contributed by atoms with Crippen LogP contribution in [-0.4, -0.2) is 50.6 Å². The standard InChI is InChI=1S/C22H20F6N6O2S/c1-10(30-18(35)12-6-13(21(23,24)25)8-14(7-12)22(26,27)28)17-31-16(11-4-5-11)32-34(17)20-29-9-15(37-20)19(36)33(2)3/h6-11H,4-5H2,1-3H3,(H,30,35)/t10-/m0/s1. The largest absolute Gasteiger partial charge is 0.416 e. The molecule has 0 spiro atoms. The van der Waals surface area contributed by atoms with E-state index in [0.29, 0.717) is 22.8 Å². The third kappa shape index (κ3) is 5.76. The number of carbonyl (C=O) groups is 2. The van der Waals surface area contributed by atoms with Crippen molar-refractivity contribution in [2.75, 3.05) is 14.1 Å². The first-order valence-electron chi connectivity index (χ1n) is 10.9. The molecule has 198 valence electrons. The molecule has 1 saturated carbocycles. The van der Waals surface area contributed by atoms with E-state index in [1.54, 1.807) is 14.1 Å². The Morgan fingerprint density at radius 1 is 1.08 bits per heavy atom. The van der Waals surface area contributed by atoms with Crippen molar-refractivity contribution in [3.63, 3.8) is 0 Å². The maximum atomic E-state index is 13.2. The van der Waals surface area contributed by atoms with E-state index in [1.807, 2.05) is 0 Å². The molecular weight excluding hydrogens is 526 g/mol. The lowest BCUT2D eigenvalue weighted by molar-refractivity contribution is -0.143. The molecule has 1 aromatic carbocycles. The highest BCUT2D eigenvalue weighted by Gasteiger charge is 2.38. The van der Waals surface area contributed by atoms with Crippen LogP contribution in [0, 0.1) is 0 Å². The molecule has 8 nitrogen and oxygen atoms in total. The quantitative estimate of drug-likeness (QED) is 0.447. The molecule has 0 saturated heterocycles. The highest BCUT2D eigenvalue weighted by atomic mass is 32.1. The van der Waals surface area contributed by atoms with E-state index in [-0.39, 0.29) is 28.8 Å². The predicted molar refractivity (Wildman–Crippen MR) is 119 cm³/mol. The van der Waals surface area contributed by atoms with E-state index < -0.39 is 41.0 Å². The maximum absolute atomic E-state index is 13.2. The molecule has 0 bridgehead atoms. The first kappa shape index (κ1) is 26.6. The fourth-order valence-electron chi connectivity index (χ4n) is 3.39. The summed E-state index contributed by atoms with van der Waals surface area (Å²) in [4.78, 5) is 35.4. The van der Waals surface area contributed by atoms with E-state index in [4.69, 9.17) is 0 Å². The molecule has 4 rings (SSSR count). The number of rotatable bonds is 6. The number of hydrogen-bond acceptors (Lipinski definition) is 6. The number of nitrogens with one attached hydrogen (secondary N) is 1. The third-order valence-electron chi connectivity index (χ3n) is 5.47. The number of alkyl halides is 6. The van der Waals surface area contributed by atoms with Crippen molar-refractivity contribution in [3.8, 4) is 5.13 Å². The van der Waals surface area contributed by atoms with Gasteiger partial charge in [-0.15, -0.1) is 5.10 Å². The molecule has 0 aliphatic heterocycles. The van der Waals surface area contributed by atoms with Crippen LogP contribution in [0.4, 0.5) is 26.3 Å². The minimum Gasteiger partial charge on any atom is -0.344 e. The number of hydrogen-bond donors (Lipinski definition) is 1. The monoisotopic (exact) mass is 546 g/mol. The number of thiazole rings is 1. The van der Waals surface area contributed by atoms with Gasteiger partial charge in [-0.3, -0.25) is 9.59 Å². The van der Waals surface area contributed by atoms with Gasteiger partial charge in [-0.1, -0.05) is 11.3 Å². The summed E-state index contributed by atoms with van der Waals surface area (Å²) < 4.78 is 80.6. The van der Waals surface area contributed by atoms with Crippen LogP contribution in [-0.2, 0) is 12.4 Å². The average Bonchev–Trinajstić information content (AvgIpc) is 3.37. The van der Waals surface area contributed by atoms with Crippen molar-refractivity contribution in [1.82, 2.24) is 30.0 Å². The molecule has 37 heavy (non-hydrogen) atoms. The van der Waals surface area contributed by atoms with Gasteiger partial charge in [0.25, 0.3) is 11.8 Å². The molecule has 1 aliphatic carbocycles. The smallest absolute Gasteiger partial charge is 0.344 e. The second kappa shape index (κ2) is 9.43. The summed E-state index contributed by atoms with van der Waals surface area (Å²) in [6, 6.07) is -0.309. The fourth-order valence-corrected chi connectivity index (χ4v) is 4.29. The molecule has 0 radical (unpaired) electrons. The van der Waals surface area contributed by atoms with Crippen LogP contribution >= 0.6 is 11.3 Å². The number of aromatic nitrogens is 4. The Morgan fingerprint density at radius 2 is 1.68 bits per heavy atom. The van der Waals surface area contributed by atoms with Gasteiger partial charge in [-0.2, -0.15) is 31.0 Å². The zero-order valence-electron chi connectivity index (χ0n) is 19.6. The van der Waals surface area contributed by atoms with Gasteiger partial charge >= 0.3 is 12.4 Å². The van der Waals surface area contributed by atoms with Crippen molar-refractivity contribution < 1.29 is 35.9 Å². The van der Waals surface area contributed by atoms with Crippen molar-refractivity contribution in [3.05, 3.63) is 57.6 Å². The highest BCUT2D eigenvalue weighted by molar-refractivity contribution is 7.16. The van der Waals surface area contributed by atoms with Crippen molar-refractivity contribution in [1.29, 1.82) is 0 Å².